The van der Waals surface area contributed by atoms with Gasteiger partial charge in [-0.1, -0.05) is 18.2 Å². The molecule has 0 bridgehead atoms. The van der Waals surface area contributed by atoms with Gasteiger partial charge in [0.25, 0.3) is 0 Å². The molecule has 7 nitrogen and oxygen atoms in total. The number of hydrogen-bond acceptors (Lipinski definition) is 5. The van der Waals surface area contributed by atoms with Crippen LogP contribution in [0.1, 0.15) is 12.0 Å². The zero-order valence-corrected chi connectivity index (χ0v) is 15.5. The fraction of sp³-hybridized carbons (Fsp3) is 0.263. The predicted molar refractivity (Wildman–Crippen MR) is 103 cm³/mol. The summed E-state index contributed by atoms with van der Waals surface area (Å²) in [6, 6.07) is 16.0. The van der Waals surface area contributed by atoms with E-state index in [1.165, 1.54) is 6.07 Å². The van der Waals surface area contributed by atoms with Gasteiger partial charge in [-0.15, -0.1) is 0 Å². The molecule has 0 fully saturated rings. The van der Waals surface area contributed by atoms with Crippen LogP contribution < -0.4 is 14.9 Å². The molecule has 2 N–H and O–H groups in total. The smallest absolute Gasteiger partial charge is 0.246 e. The number of nitriles is 1. The minimum absolute atomic E-state index is 0.0781. The molecule has 0 atom stereocenters. The molecule has 140 valence electrons. The summed E-state index contributed by atoms with van der Waals surface area (Å²) in [7, 11) is -3.75. The molecule has 0 spiro atoms. The molecule has 0 radical (unpaired) electrons. The van der Waals surface area contributed by atoms with E-state index in [0.29, 0.717) is 19.5 Å². The van der Waals surface area contributed by atoms with E-state index < -0.39 is 10.0 Å². The largest absolute Gasteiger partial charge is 0.362 e. The number of carbonyl (C=O) groups excluding carboxylic acids is 1. The Balaban J connectivity index is 1.79. The van der Waals surface area contributed by atoms with Crippen LogP contribution in [0.2, 0.25) is 0 Å². The van der Waals surface area contributed by atoms with Crippen LogP contribution in [0.5, 0.6) is 0 Å². The van der Waals surface area contributed by atoms with Crippen molar-refractivity contribution in [1.29, 1.82) is 5.26 Å². The summed E-state index contributed by atoms with van der Waals surface area (Å²) in [6.45, 7) is 1.10. The number of para-hydroxylation sites is 1. The van der Waals surface area contributed by atoms with Crippen molar-refractivity contribution in [3.05, 3.63) is 54.1 Å². The lowest BCUT2D eigenvalue weighted by Gasteiger charge is -2.26. The van der Waals surface area contributed by atoms with Crippen LogP contribution in [0.3, 0.4) is 0 Å². The van der Waals surface area contributed by atoms with Gasteiger partial charge in [-0.25, -0.2) is 13.6 Å². The standard InChI is InChI=1S/C19H20N4O3S/c20-10-4-11-23(16-5-2-1-3-6-16)19(24)14-22-12-9-15-13-17(27(21,25)26)7-8-18(15)22/h1-3,5-8,13H,4,9,11-12,14H2,(H2,21,25,26). The van der Waals surface area contributed by atoms with E-state index in [-0.39, 0.29) is 23.8 Å². The molecule has 0 unspecified atom stereocenters. The van der Waals surface area contributed by atoms with E-state index in [2.05, 4.69) is 6.07 Å². The second kappa shape index (κ2) is 7.78. The van der Waals surface area contributed by atoms with Gasteiger partial charge in [0.2, 0.25) is 15.9 Å². The molecule has 0 aromatic heterocycles. The number of fused-ring (bicyclic) bond motifs is 1. The molecule has 0 saturated carbocycles. The molecule has 1 amide bonds. The summed E-state index contributed by atoms with van der Waals surface area (Å²) < 4.78 is 23.0. The highest BCUT2D eigenvalue weighted by Gasteiger charge is 2.25. The van der Waals surface area contributed by atoms with E-state index >= 15 is 0 Å². The molecule has 3 rings (SSSR count). The minimum atomic E-state index is -3.75. The van der Waals surface area contributed by atoms with Crippen molar-refractivity contribution in [2.75, 3.05) is 29.4 Å². The molecule has 0 saturated heterocycles. The molecule has 8 heteroatoms. The highest BCUT2D eigenvalue weighted by Crippen LogP contribution is 2.30. The molecule has 2 aromatic rings. The molecular weight excluding hydrogens is 364 g/mol. The van der Waals surface area contributed by atoms with E-state index in [1.54, 1.807) is 17.0 Å². The summed E-state index contributed by atoms with van der Waals surface area (Å²) in [5.74, 6) is -0.111. The summed E-state index contributed by atoms with van der Waals surface area (Å²) in [5.41, 5.74) is 2.45. The predicted octanol–water partition coefficient (Wildman–Crippen LogP) is 1.64. The summed E-state index contributed by atoms with van der Waals surface area (Å²) in [5, 5.41) is 14.1. The monoisotopic (exact) mass is 384 g/mol. The Morgan fingerprint density at radius 1 is 1.22 bits per heavy atom. The van der Waals surface area contributed by atoms with Crippen molar-refractivity contribution < 1.29 is 13.2 Å². The molecule has 27 heavy (non-hydrogen) atoms. The average molecular weight is 384 g/mol. The van der Waals surface area contributed by atoms with E-state index in [9.17, 15) is 13.2 Å². The van der Waals surface area contributed by atoms with Gasteiger partial charge in [-0.2, -0.15) is 5.26 Å². The molecule has 2 aromatic carbocycles. The number of nitrogens with zero attached hydrogens (tertiary/aromatic N) is 3. The zero-order chi connectivity index (χ0) is 19.4. The van der Waals surface area contributed by atoms with Crippen molar-refractivity contribution in [1.82, 2.24) is 0 Å². The fourth-order valence-corrected chi connectivity index (χ4v) is 3.77. The summed E-state index contributed by atoms with van der Waals surface area (Å²) in [4.78, 5) is 16.5. The Morgan fingerprint density at radius 2 is 1.96 bits per heavy atom. The topological polar surface area (TPSA) is 108 Å². The molecule has 1 heterocycles. The Labute approximate surface area is 158 Å². The van der Waals surface area contributed by atoms with Crippen LogP contribution >= 0.6 is 0 Å². The van der Waals surface area contributed by atoms with Gasteiger partial charge in [0.05, 0.1) is 23.9 Å². The quantitative estimate of drug-likeness (QED) is 0.815. The van der Waals surface area contributed by atoms with E-state index in [4.69, 9.17) is 10.4 Å². The van der Waals surface area contributed by atoms with Crippen molar-refractivity contribution in [3.8, 4) is 6.07 Å². The molecule has 1 aliphatic heterocycles. The second-order valence-corrected chi connectivity index (χ2v) is 7.86. The Morgan fingerprint density at radius 3 is 2.63 bits per heavy atom. The van der Waals surface area contributed by atoms with Gasteiger partial charge >= 0.3 is 0 Å². The van der Waals surface area contributed by atoms with Crippen LogP contribution in [0, 0.1) is 11.3 Å². The Hall–Kier alpha value is -2.89. The van der Waals surface area contributed by atoms with Gasteiger partial charge < -0.3 is 9.80 Å². The number of sulfonamides is 1. The minimum Gasteiger partial charge on any atom is -0.362 e. The van der Waals surface area contributed by atoms with Crippen LogP contribution in [0.25, 0.3) is 0 Å². The van der Waals surface area contributed by atoms with Crippen LogP contribution in [0.15, 0.2) is 53.4 Å². The van der Waals surface area contributed by atoms with Crippen LogP contribution in [-0.2, 0) is 21.2 Å². The number of hydrogen-bond donors (Lipinski definition) is 1. The van der Waals surface area contributed by atoms with E-state index in [1.807, 2.05) is 35.2 Å². The van der Waals surface area contributed by atoms with Crippen molar-refractivity contribution >= 4 is 27.3 Å². The third-order valence-corrected chi connectivity index (χ3v) is 5.42. The number of nitrogens with two attached hydrogens (primary N) is 1. The zero-order valence-electron chi connectivity index (χ0n) is 14.7. The van der Waals surface area contributed by atoms with Crippen molar-refractivity contribution in [2.24, 2.45) is 5.14 Å². The molecule has 1 aliphatic rings. The van der Waals surface area contributed by atoms with Gasteiger partial charge in [-0.3, -0.25) is 4.79 Å². The Bertz CT molecular complexity index is 984. The van der Waals surface area contributed by atoms with Gasteiger partial charge in [0.1, 0.15) is 0 Å². The second-order valence-electron chi connectivity index (χ2n) is 6.30. The lowest BCUT2D eigenvalue weighted by Crippen LogP contribution is -2.40. The van der Waals surface area contributed by atoms with Crippen LogP contribution in [-0.4, -0.2) is 34.0 Å². The maximum atomic E-state index is 12.9. The number of amides is 1. The fourth-order valence-electron chi connectivity index (χ4n) is 3.20. The van der Waals surface area contributed by atoms with Gasteiger partial charge in [-0.05, 0) is 42.3 Å². The van der Waals surface area contributed by atoms with E-state index in [0.717, 1.165) is 16.9 Å². The maximum Gasteiger partial charge on any atom is 0.246 e. The lowest BCUT2D eigenvalue weighted by atomic mass is 10.2. The first kappa shape index (κ1) is 18.9. The van der Waals surface area contributed by atoms with Crippen molar-refractivity contribution in [2.45, 2.75) is 17.7 Å². The van der Waals surface area contributed by atoms with Crippen LogP contribution in [0.4, 0.5) is 11.4 Å². The maximum absolute atomic E-state index is 12.9. The third kappa shape index (κ3) is 4.27. The first-order valence-corrected chi connectivity index (χ1v) is 10.1. The van der Waals surface area contributed by atoms with Gasteiger partial charge in [0, 0.05) is 24.5 Å². The lowest BCUT2D eigenvalue weighted by molar-refractivity contribution is -0.117. The number of anilines is 2. The third-order valence-electron chi connectivity index (χ3n) is 4.51. The van der Waals surface area contributed by atoms with Gasteiger partial charge in [0.15, 0.2) is 0 Å². The molecular formula is C19H20N4O3S. The number of carbonyl (C=O) groups is 1. The molecule has 0 aliphatic carbocycles. The highest BCUT2D eigenvalue weighted by atomic mass is 32.2. The SMILES string of the molecule is N#CCCN(C(=O)CN1CCc2cc(S(N)(=O)=O)ccc21)c1ccccc1. The highest BCUT2D eigenvalue weighted by molar-refractivity contribution is 7.89. The number of primary sulfonamides is 1. The number of rotatable bonds is 6. The first-order valence-electron chi connectivity index (χ1n) is 8.53. The summed E-state index contributed by atoms with van der Waals surface area (Å²) >= 11 is 0. The number of benzene rings is 2. The average Bonchev–Trinajstić information content (AvgIpc) is 3.04. The Kier molecular flexibility index (Phi) is 5.44. The first-order chi connectivity index (χ1) is 12.9. The summed E-state index contributed by atoms with van der Waals surface area (Å²) in [6.07, 6.45) is 0.893. The van der Waals surface area contributed by atoms with Crippen molar-refractivity contribution in [3.63, 3.8) is 0 Å². The normalized spacial score (nSPS) is 13.1.